The van der Waals surface area contributed by atoms with Crippen molar-refractivity contribution in [3.05, 3.63) is 89.3 Å². The highest BCUT2D eigenvalue weighted by Crippen LogP contribution is 2.31. The minimum absolute atomic E-state index is 0.0776. The predicted octanol–water partition coefficient (Wildman–Crippen LogP) is 2.79. The fraction of sp³-hybridized carbons (Fsp3) is 0.211. The van der Waals surface area contributed by atoms with Gasteiger partial charge in [-0.2, -0.15) is 0 Å². The van der Waals surface area contributed by atoms with Gasteiger partial charge in [-0.1, -0.05) is 48.5 Å². The van der Waals surface area contributed by atoms with E-state index in [0.29, 0.717) is 17.9 Å². The molecule has 124 valence electrons. The number of hydrogen-bond donors (Lipinski definition) is 2. The molecule has 0 fully saturated rings. The summed E-state index contributed by atoms with van der Waals surface area (Å²) in [4.78, 5) is 4.27. The number of nitrogens with two attached hydrogens (primary N) is 1. The Bertz CT molecular complexity index is 828. The summed E-state index contributed by atoms with van der Waals surface area (Å²) in [6.45, 7) is 2.17. The average molecular weight is 325 g/mol. The van der Waals surface area contributed by atoms with Crippen molar-refractivity contribution < 1.29 is 9.50 Å². The Kier molecular flexibility index (Phi) is 4.46. The van der Waals surface area contributed by atoms with Gasteiger partial charge in [0, 0.05) is 36.6 Å². The van der Waals surface area contributed by atoms with Crippen molar-refractivity contribution in [2.45, 2.75) is 25.6 Å². The van der Waals surface area contributed by atoms with E-state index >= 15 is 0 Å². The summed E-state index contributed by atoms with van der Waals surface area (Å²) < 4.78 is 16.5. The zero-order chi connectivity index (χ0) is 17.2. The maximum Gasteiger partial charge on any atom is 0.147 e. The molecule has 3 N–H and O–H groups in total. The number of hydrogen-bond acceptors (Lipinski definition) is 3. The zero-order valence-corrected chi connectivity index (χ0v) is 13.5. The molecule has 3 rings (SSSR count). The normalized spacial score (nSPS) is 13.7. The van der Waals surface area contributed by atoms with E-state index in [2.05, 4.69) is 4.98 Å². The third-order valence-corrected chi connectivity index (χ3v) is 4.17. The highest BCUT2D eigenvalue weighted by atomic mass is 19.1. The summed E-state index contributed by atoms with van der Waals surface area (Å²) >= 11 is 0. The lowest BCUT2D eigenvalue weighted by Gasteiger charge is -2.25. The van der Waals surface area contributed by atoms with Crippen molar-refractivity contribution in [3.63, 3.8) is 0 Å². The van der Waals surface area contributed by atoms with Gasteiger partial charge in [-0.25, -0.2) is 9.37 Å². The second-order valence-electron chi connectivity index (χ2n) is 5.92. The Morgan fingerprint density at radius 3 is 2.62 bits per heavy atom. The molecule has 0 spiro atoms. The molecule has 1 atom stereocenters. The van der Waals surface area contributed by atoms with Gasteiger partial charge in [0.05, 0.1) is 0 Å². The van der Waals surface area contributed by atoms with Crippen LogP contribution in [0.2, 0.25) is 0 Å². The Labute approximate surface area is 140 Å². The number of benzene rings is 2. The highest BCUT2D eigenvalue weighted by molar-refractivity contribution is 5.35. The molecule has 3 aromatic rings. The Morgan fingerprint density at radius 2 is 1.92 bits per heavy atom. The molecule has 0 aliphatic carbocycles. The van der Waals surface area contributed by atoms with Gasteiger partial charge in [0.2, 0.25) is 0 Å². The molecule has 0 aliphatic heterocycles. The fourth-order valence-electron chi connectivity index (χ4n) is 2.88. The third-order valence-electron chi connectivity index (χ3n) is 4.17. The molecule has 0 saturated carbocycles. The number of rotatable bonds is 5. The quantitative estimate of drug-likeness (QED) is 0.758. The van der Waals surface area contributed by atoms with Gasteiger partial charge in [0.15, 0.2) is 0 Å². The van der Waals surface area contributed by atoms with E-state index in [0.717, 1.165) is 5.56 Å². The SMILES string of the molecule is CC(O)(c1cccc(CN)c1F)c1nccn1Cc1ccccc1. The lowest BCUT2D eigenvalue weighted by molar-refractivity contribution is 0.0842. The lowest BCUT2D eigenvalue weighted by atomic mass is 9.92. The number of imidazole rings is 1. The molecular weight excluding hydrogens is 305 g/mol. The first-order valence-corrected chi connectivity index (χ1v) is 7.80. The smallest absolute Gasteiger partial charge is 0.147 e. The van der Waals surface area contributed by atoms with Crippen molar-refractivity contribution in [1.82, 2.24) is 9.55 Å². The summed E-state index contributed by atoms with van der Waals surface area (Å²) in [6.07, 6.45) is 3.39. The molecular formula is C19H20FN3O. The van der Waals surface area contributed by atoms with Crippen LogP contribution in [-0.4, -0.2) is 14.7 Å². The second-order valence-corrected chi connectivity index (χ2v) is 5.92. The minimum atomic E-state index is -1.56. The van der Waals surface area contributed by atoms with Crippen LogP contribution in [0, 0.1) is 5.82 Å². The molecule has 1 unspecified atom stereocenters. The summed E-state index contributed by atoms with van der Waals surface area (Å²) in [7, 11) is 0. The van der Waals surface area contributed by atoms with Crippen LogP contribution in [0.3, 0.4) is 0 Å². The fourth-order valence-corrected chi connectivity index (χ4v) is 2.88. The molecule has 0 radical (unpaired) electrons. The van der Waals surface area contributed by atoms with Crippen LogP contribution in [0.25, 0.3) is 0 Å². The maximum absolute atomic E-state index is 14.6. The molecule has 1 aromatic heterocycles. The van der Waals surface area contributed by atoms with Crippen molar-refractivity contribution in [3.8, 4) is 0 Å². The number of nitrogens with zero attached hydrogens (tertiary/aromatic N) is 2. The van der Waals surface area contributed by atoms with Crippen molar-refractivity contribution in [2.24, 2.45) is 5.73 Å². The molecule has 5 heteroatoms. The summed E-state index contributed by atoms with van der Waals surface area (Å²) in [5.41, 5.74) is 5.62. The zero-order valence-electron chi connectivity index (χ0n) is 13.5. The second kappa shape index (κ2) is 6.55. The molecule has 0 aliphatic rings. The topological polar surface area (TPSA) is 64.1 Å². The first kappa shape index (κ1) is 16.4. The van der Waals surface area contributed by atoms with Crippen molar-refractivity contribution >= 4 is 0 Å². The van der Waals surface area contributed by atoms with E-state index in [-0.39, 0.29) is 12.1 Å². The lowest BCUT2D eigenvalue weighted by Crippen LogP contribution is -2.29. The van der Waals surface area contributed by atoms with E-state index in [9.17, 15) is 9.50 Å². The number of aliphatic hydroxyl groups is 1. The summed E-state index contributed by atoms with van der Waals surface area (Å²) in [6, 6.07) is 14.7. The van der Waals surface area contributed by atoms with E-state index in [1.807, 2.05) is 34.9 Å². The monoisotopic (exact) mass is 325 g/mol. The van der Waals surface area contributed by atoms with Gasteiger partial charge in [-0.15, -0.1) is 0 Å². The Hall–Kier alpha value is -2.50. The molecule has 4 nitrogen and oxygen atoms in total. The first-order valence-electron chi connectivity index (χ1n) is 7.80. The van der Waals surface area contributed by atoms with Gasteiger partial charge in [0.1, 0.15) is 17.2 Å². The predicted molar refractivity (Wildman–Crippen MR) is 90.7 cm³/mol. The molecule has 1 heterocycles. The van der Waals surface area contributed by atoms with Gasteiger partial charge < -0.3 is 15.4 Å². The third kappa shape index (κ3) is 2.96. The largest absolute Gasteiger partial charge is 0.377 e. The summed E-state index contributed by atoms with van der Waals surface area (Å²) in [5, 5.41) is 11.0. The summed E-state index contributed by atoms with van der Waals surface area (Å²) in [5.74, 6) is -0.0984. The van der Waals surface area contributed by atoms with E-state index in [4.69, 9.17) is 5.73 Å². The molecule has 2 aromatic carbocycles. The van der Waals surface area contributed by atoms with Crippen LogP contribution in [0.1, 0.15) is 29.4 Å². The molecule has 0 saturated heterocycles. The van der Waals surface area contributed by atoms with E-state index < -0.39 is 11.4 Å². The average Bonchev–Trinajstić information content (AvgIpc) is 3.05. The van der Waals surface area contributed by atoms with Gasteiger partial charge in [0.25, 0.3) is 0 Å². The van der Waals surface area contributed by atoms with Gasteiger partial charge in [-0.3, -0.25) is 0 Å². The van der Waals surface area contributed by atoms with Gasteiger partial charge >= 0.3 is 0 Å². The molecule has 0 amide bonds. The van der Waals surface area contributed by atoms with Crippen molar-refractivity contribution in [2.75, 3.05) is 0 Å². The van der Waals surface area contributed by atoms with Crippen LogP contribution >= 0.6 is 0 Å². The maximum atomic E-state index is 14.6. The van der Waals surface area contributed by atoms with Crippen LogP contribution in [0.4, 0.5) is 4.39 Å². The van der Waals surface area contributed by atoms with Gasteiger partial charge in [-0.05, 0) is 12.5 Å². The number of aromatic nitrogens is 2. The number of halogens is 1. The highest BCUT2D eigenvalue weighted by Gasteiger charge is 2.33. The minimum Gasteiger partial charge on any atom is -0.377 e. The van der Waals surface area contributed by atoms with E-state index in [1.165, 1.54) is 0 Å². The first-order chi connectivity index (χ1) is 11.5. The van der Waals surface area contributed by atoms with Crippen LogP contribution in [0.5, 0.6) is 0 Å². The Balaban J connectivity index is 2.01. The molecule has 0 bridgehead atoms. The molecule has 24 heavy (non-hydrogen) atoms. The van der Waals surface area contributed by atoms with E-state index in [1.54, 1.807) is 37.5 Å². The van der Waals surface area contributed by atoms with Crippen LogP contribution < -0.4 is 5.73 Å². The van der Waals surface area contributed by atoms with Crippen LogP contribution in [0.15, 0.2) is 60.9 Å². The van der Waals surface area contributed by atoms with Crippen molar-refractivity contribution in [1.29, 1.82) is 0 Å². The standard InChI is InChI=1S/C19H20FN3O/c1-19(24,16-9-5-8-15(12-21)17(16)20)18-22-10-11-23(18)13-14-6-3-2-4-7-14/h2-11,24H,12-13,21H2,1H3. The Morgan fingerprint density at radius 1 is 1.17 bits per heavy atom. The van der Waals surface area contributed by atoms with Crippen LogP contribution in [-0.2, 0) is 18.7 Å².